The molecule has 1 aliphatic carbocycles. The van der Waals surface area contributed by atoms with Crippen molar-refractivity contribution in [3.8, 4) is 0 Å². The molecule has 2 nitrogen and oxygen atoms in total. The largest absolute Gasteiger partial charge is 0.395 e. The summed E-state index contributed by atoms with van der Waals surface area (Å²) in [6.45, 7) is 12.1. The van der Waals surface area contributed by atoms with Gasteiger partial charge in [0.05, 0.1) is 18.6 Å². The highest BCUT2D eigenvalue weighted by molar-refractivity contribution is 5.50. The van der Waals surface area contributed by atoms with E-state index >= 15 is 0 Å². The van der Waals surface area contributed by atoms with Crippen LogP contribution in [0, 0.1) is 5.41 Å². The van der Waals surface area contributed by atoms with Crippen LogP contribution in [0.15, 0.2) is 22.3 Å². The van der Waals surface area contributed by atoms with E-state index in [1.165, 1.54) is 22.3 Å². The summed E-state index contributed by atoms with van der Waals surface area (Å²) >= 11 is 0. The first kappa shape index (κ1) is 13.5. The first-order valence-corrected chi connectivity index (χ1v) is 6.06. The van der Waals surface area contributed by atoms with Gasteiger partial charge in [0.1, 0.15) is 0 Å². The molecular formula is C14H24O2. The molecule has 1 aliphatic rings. The zero-order chi connectivity index (χ0) is 12.3. The van der Waals surface area contributed by atoms with E-state index in [9.17, 15) is 5.11 Å². The van der Waals surface area contributed by atoms with E-state index < -0.39 is 0 Å². The van der Waals surface area contributed by atoms with Crippen LogP contribution in [0.4, 0.5) is 0 Å². The van der Waals surface area contributed by atoms with E-state index in [4.69, 9.17) is 4.74 Å². The first-order valence-electron chi connectivity index (χ1n) is 6.06. The Morgan fingerprint density at radius 1 is 1.06 bits per heavy atom. The van der Waals surface area contributed by atoms with Gasteiger partial charge >= 0.3 is 0 Å². The summed E-state index contributed by atoms with van der Waals surface area (Å²) in [6, 6.07) is 0. The van der Waals surface area contributed by atoms with Crippen molar-refractivity contribution in [3.63, 3.8) is 0 Å². The second kappa shape index (κ2) is 5.15. The van der Waals surface area contributed by atoms with Crippen LogP contribution in [-0.2, 0) is 4.74 Å². The molecule has 0 aromatic rings. The Morgan fingerprint density at radius 2 is 1.56 bits per heavy atom. The lowest BCUT2D eigenvalue weighted by Gasteiger charge is -2.31. The van der Waals surface area contributed by atoms with Gasteiger partial charge in [0, 0.05) is 6.61 Å². The fourth-order valence-electron chi connectivity index (χ4n) is 2.45. The Bertz CT molecular complexity index is 300. The maximum atomic E-state index is 9.74. The van der Waals surface area contributed by atoms with Crippen LogP contribution in [0.3, 0.4) is 0 Å². The summed E-state index contributed by atoms with van der Waals surface area (Å²) in [6.07, 6.45) is 1.02. The van der Waals surface area contributed by atoms with Crippen LogP contribution in [-0.4, -0.2) is 24.9 Å². The zero-order valence-corrected chi connectivity index (χ0v) is 11.2. The Morgan fingerprint density at radius 3 is 1.94 bits per heavy atom. The Hall–Kier alpha value is -0.600. The second-order valence-corrected chi connectivity index (χ2v) is 4.79. The minimum absolute atomic E-state index is 0.142. The normalized spacial score (nSPS) is 19.9. The van der Waals surface area contributed by atoms with Gasteiger partial charge < -0.3 is 9.84 Å². The van der Waals surface area contributed by atoms with Crippen LogP contribution in [0.5, 0.6) is 0 Å². The lowest BCUT2D eigenvalue weighted by Crippen LogP contribution is -2.32. The van der Waals surface area contributed by atoms with Gasteiger partial charge in [-0.1, -0.05) is 18.1 Å². The maximum absolute atomic E-state index is 9.74. The topological polar surface area (TPSA) is 29.5 Å². The lowest BCUT2D eigenvalue weighted by atomic mass is 9.79. The monoisotopic (exact) mass is 224 g/mol. The molecule has 0 amide bonds. The molecule has 0 heterocycles. The van der Waals surface area contributed by atoms with Crippen molar-refractivity contribution < 1.29 is 9.84 Å². The number of rotatable bonds is 5. The van der Waals surface area contributed by atoms with Gasteiger partial charge in [-0.2, -0.15) is 0 Å². The molecule has 0 aromatic heterocycles. The van der Waals surface area contributed by atoms with Crippen molar-refractivity contribution in [2.45, 2.75) is 41.0 Å². The van der Waals surface area contributed by atoms with Crippen molar-refractivity contribution in [2.75, 3.05) is 19.8 Å². The van der Waals surface area contributed by atoms with E-state index in [-0.39, 0.29) is 12.0 Å². The van der Waals surface area contributed by atoms with Crippen LogP contribution in [0.25, 0.3) is 0 Å². The number of hydrogen-bond donors (Lipinski definition) is 1. The van der Waals surface area contributed by atoms with E-state index in [0.717, 1.165) is 13.0 Å². The molecule has 0 saturated carbocycles. The van der Waals surface area contributed by atoms with Gasteiger partial charge in [0.25, 0.3) is 0 Å². The molecule has 0 aliphatic heterocycles. The van der Waals surface area contributed by atoms with E-state index in [0.29, 0.717) is 6.61 Å². The molecule has 2 heteroatoms. The molecule has 0 bridgehead atoms. The van der Waals surface area contributed by atoms with Crippen molar-refractivity contribution >= 4 is 0 Å². The molecule has 0 spiro atoms. The summed E-state index contributed by atoms with van der Waals surface area (Å²) in [5.41, 5.74) is 4.89. The maximum Gasteiger partial charge on any atom is 0.0619 e. The number of allylic oxidation sites excluding steroid dienone is 2. The van der Waals surface area contributed by atoms with Gasteiger partial charge in [0.15, 0.2) is 0 Å². The van der Waals surface area contributed by atoms with Crippen molar-refractivity contribution in [2.24, 2.45) is 5.41 Å². The molecule has 0 unspecified atom stereocenters. The Balaban J connectivity index is 2.96. The standard InChI is InChI=1S/C14H24O2/c1-6-7-16-9-14(8-15)12(4)10(2)11(3)13(14)5/h15H,6-9H2,1-5H3. The number of hydrogen-bond acceptors (Lipinski definition) is 2. The number of ether oxygens (including phenoxy) is 1. The van der Waals surface area contributed by atoms with E-state index in [1.54, 1.807) is 0 Å². The molecular weight excluding hydrogens is 200 g/mol. The first-order chi connectivity index (χ1) is 7.51. The molecule has 0 radical (unpaired) electrons. The van der Waals surface area contributed by atoms with Crippen LogP contribution in [0.1, 0.15) is 41.0 Å². The van der Waals surface area contributed by atoms with Gasteiger partial charge in [-0.05, 0) is 45.3 Å². The van der Waals surface area contributed by atoms with Crippen LogP contribution < -0.4 is 0 Å². The molecule has 0 aromatic carbocycles. The van der Waals surface area contributed by atoms with Crippen LogP contribution in [0.2, 0.25) is 0 Å². The summed E-state index contributed by atoms with van der Waals surface area (Å²) in [5, 5.41) is 9.74. The third-order valence-electron chi connectivity index (χ3n) is 4.09. The summed E-state index contributed by atoms with van der Waals surface area (Å²) in [5.74, 6) is 0. The molecule has 16 heavy (non-hydrogen) atoms. The van der Waals surface area contributed by atoms with Gasteiger partial charge in [-0.15, -0.1) is 0 Å². The minimum Gasteiger partial charge on any atom is -0.395 e. The fourth-order valence-corrected chi connectivity index (χ4v) is 2.45. The smallest absolute Gasteiger partial charge is 0.0619 e. The Labute approximate surface area is 99.0 Å². The summed E-state index contributed by atoms with van der Waals surface area (Å²) in [4.78, 5) is 0. The van der Waals surface area contributed by atoms with Crippen molar-refractivity contribution in [3.05, 3.63) is 22.3 Å². The molecule has 1 rings (SSSR count). The zero-order valence-electron chi connectivity index (χ0n) is 11.2. The van der Waals surface area contributed by atoms with Crippen molar-refractivity contribution in [1.29, 1.82) is 0 Å². The van der Waals surface area contributed by atoms with E-state index in [2.05, 4.69) is 34.6 Å². The predicted octanol–water partition coefficient (Wildman–Crippen LogP) is 3.08. The molecule has 0 saturated heterocycles. The average molecular weight is 224 g/mol. The fraction of sp³-hybridized carbons (Fsp3) is 0.714. The highest BCUT2D eigenvalue weighted by atomic mass is 16.5. The molecule has 1 N–H and O–H groups in total. The van der Waals surface area contributed by atoms with Gasteiger partial charge in [0.2, 0.25) is 0 Å². The third-order valence-corrected chi connectivity index (χ3v) is 4.09. The second-order valence-electron chi connectivity index (χ2n) is 4.79. The Kier molecular flexibility index (Phi) is 4.34. The van der Waals surface area contributed by atoms with Gasteiger partial charge in [-0.3, -0.25) is 0 Å². The van der Waals surface area contributed by atoms with Crippen molar-refractivity contribution in [1.82, 2.24) is 0 Å². The predicted molar refractivity (Wildman–Crippen MR) is 67.4 cm³/mol. The minimum atomic E-state index is -0.261. The van der Waals surface area contributed by atoms with Crippen LogP contribution >= 0.6 is 0 Å². The highest BCUT2D eigenvalue weighted by Gasteiger charge is 2.40. The third kappa shape index (κ3) is 1.96. The summed E-state index contributed by atoms with van der Waals surface area (Å²) in [7, 11) is 0. The SMILES string of the molecule is CCCOCC1(CO)C(C)=C(C)C(C)=C1C. The quantitative estimate of drug-likeness (QED) is 0.727. The molecule has 0 fully saturated rings. The highest BCUT2D eigenvalue weighted by Crippen LogP contribution is 2.46. The van der Waals surface area contributed by atoms with Gasteiger partial charge in [-0.25, -0.2) is 0 Å². The lowest BCUT2D eigenvalue weighted by molar-refractivity contribution is 0.0483. The molecule has 0 atom stereocenters. The number of aliphatic hydroxyl groups excluding tert-OH is 1. The summed E-state index contributed by atoms with van der Waals surface area (Å²) < 4.78 is 5.67. The average Bonchev–Trinajstić information content (AvgIpc) is 2.45. The molecule has 92 valence electrons. The van der Waals surface area contributed by atoms with E-state index in [1.807, 2.05) is 0 Å². The number of aliphatic hydroxyl groups is 1.